The number of amides is 1. The molecular formula is C20H14ClN3O4. The molecule has 0 saturated carbocycles. The molecule has 140 valence electrons. The molecule has 2 aromatic rings. The summed E-state index contributed by atoms with van der Waals surface area (Å²) in [5.41, 5.74) is 1.40. The number of benzene rings is 2. The van der Waals surface area contributed by atoms with Crippen molar-refractivity contribution in [2.24, 2.45) is 0 Å². The van der Waals surface area contributed by atoms with Crippen LogP contribution in [-0.2, 0) is 14.3 Å². The molecule has 0 aliphatic carbocycles. The van der Waals surface area contributed by atoms with Gasteiger partial charge in [0.05, 0.1) is 10.6 Å². The van der Waals surface area contributed by atoms with Crippen LogP contribution in [0.5, 0.6) is 5.75 Å². The summed E-state index contributed by atoms with van der Waals surface area (Å²) in [5.74, 6) is -0.680. The summed E-state index contributed by atoms with van der Waals surface area (Å²) in [6.45, 7) is -0.514. The van der Waals surface area contributed by atoms with Gasteiger partial charge in [-0.1, -0.05) is 23.7 Å². The molecule has 0 fully saturated rings. The molecule has 2 rings (SSSR count). The lowest BCUT2D eigenvalue weighted by Gasteiger charge is -2.06. The predicted molar refractivity (Wildman–Crippen MR) is 102 cm³/mol. The van der Waals surface area contributed by atoms with Gasteiger partial charge in [0.25, 0.3) is 5.91 Å². The molecule has 8 heteroatoms. The number of carbonyl (C=O) groups excluding carboxylic acids is 2. The highest BCUT2D eigenvalue weighted by molar-refractivity contribution is 6.32. The van der Waals surface area contributed by atoms with E-state index in [4.69, 9.17) is 31.6 Å². The number of nitrogens with zero attached hydrogens (tertiary/aromatic N) is 2. The van der Waals surface area contributed by atoms with E-state index in [1.165, 1.54) is 30.4 Å². The summed E-state index contributed by atoms with van der Waals surface area (Å²) in [6.07, 6.45) is 2.71. The van der Waals surface area contributed by atoms with Gasteiger partial charge in [-0.3, -0.25) is 4.79 Å². The topological polar surface area (TPSA) is 112 Å². The molecule has 28 heavy (non-hydrogen) atoms. The van der Waals surface area contributed by atoms with Gasteiger partial charge in [0.2, 0.25) is 0 Å². The van der Waals surface area contributed by atoms with Gasteiger partial charge in [0.15, 0.2) is 13.2 Å². The van der Waals surface area contributed by atoms with Gasteiger partial charge in [-0.05, 0) is 42.0 Å². The van der Waals surface area contributed by atoms with E-state index in [9.17, 15) is 9.59 Å². The molecular weight excluding hydrogens is 382 g/mol. The smallest absolute Gasteiger partial charge is 0.331 e. The van der Waals surface area contributed by atoms with Gasteiger partial charge < -0.3 is 14.8 Å². The highest BCUT2D eigenvalue weighted by Crippen LogP contribution is 2.20. The third-order valence-corrected chi connectivity index (χ3v) is 3.63. The molecule has 1 amide bonds. The second-order valence-electron chi connectivity index (χ2n) is 5.31. The van der Waals surface area contributed by atoms with Crippen molar-refractivity contribution in [3.05, 3.63) is 64.7 Å². The minimum Gasteiger partial charge on any atom is -0.479 e. The summed E-state index contributed by atoms with van der Waals surface area (Å²) in [7, 11) is 0. The standard InChI is InChI=1S/C20H14ClN3O4/c21-18-11-16(5-4-15(18)12-23)24-19(25)13-28-20(26)8-3-14-1-6-17(7-2-14)27-10-9-22/h1-8,11H,10,13H2,(H,24,25)/b8-3+. The summed E-state index contributed by atoms with van der Waals surface area (Å²) in [4.78, 5) is 23.5. The molecule has 0 heterocycles. The van der Waals surface area contributed by atoms with E-state index in [0.29, 0.717) is 17.0 Å². The second kappa shape index (κ2) is 10.4. The summed E-state index contributed by atoms with van der Waals surface area (Å²) in [5, 5.41) is 20.0. The van der Waals surface area contributed by atoms with Crippen molar-refractivity contribution in [3.8, 4) is 17.9 Å². The highest BCUT2D eigenvalue weighted by atomic mass is 35.5. The van der Waals surface area contributed by atoms with E-state index in [-0.39, 0.29) is 11.6 Å². The van der Waals surface area contributed by atoms with Crippen LogP contribution in [0.2, 0.25) is 5.02 Å². The molecule has 0 atom stereocenters. The first kappa shape index (κ1) is 20.5. The molecule has 0 bridgehead atoms. The number of anilines is 1. The quantitative estimate of drug-likeness (QED) is 0.568. The molecule has 0 aliphatic heterocycles. The van der Waals surface area contributed by atoms with Gasteiger partial charge in [-0.2, -0.15) is 10.5 Å². The maximum atomic E-state index is 11.8. The maximum absolute atomic E-state index is 11.8. The van der Waals surface area contributed by atoms with Crippen LogP contribution >= 0.6 is 11.6 Å². The van der Waals surface area contributed by atoms with Crippen LogP contribution in [-0.4, -0.2) is 25.1 Å². The molecule has 7 nitrogen and oxygen atoms in total. The van der Waals surface area contributed by atoms with Gasteiger partial charge in [-0.25, -0.2) is 4.79 Å². The van der Waals surface area contributed by atoms with Crippen LogP contribution < -0.4 is 10.1 Å². The van der Waals surface area contributed by atoms with Gasteiger partial charge >= 0.3 is 5.97 Å². The number of esters is 1. The number of hydrogen-bond acceptors (Lipinski definition) is 6. The van der Waals surface area contributed by atoms with E-state index in [2.05, 4.69) is 5.32 Å². The fraction of sp³-hybridized carbons (Fsp3) is 0.100. The Bertz CT molecular complexity index is 972. The minimum atomic E-state index is -0.683. The first-order chi connectivity index (χ1) is 13.5. The minimum absolute atomic E-state index is 0.0434. The summed E-state index contributed by atoms with van der Waals surface area (Å²) >= 11 is 5.88. The van der Waals surface area contributed by atoms with Crippen LogP contribution in [0.15, 0.2) is 48.5 Å². The van der Waals surface area contributed by atoms with Crippen LogP contribution in [0, 0.1) is 22.7 Å². The Kier molecular flexibility index (Phi) is 7.59. The van der Waals surface area contributed by atoms with Crippen LogP contribution in [0.1, 0.15) is 11.1 Å². The Hall–Kier alpha value is -3.81. The van der Waals surface area contributed by atoms with Gasteiger partial charge in [-0.15, -0.1) is 0 Å². The monoisotopic (exact) mass is 395 g/mol. The number of hydrogen-bond donors (Lipinski definition) is 1. The molecule has 0 aromatic heterocycles. The lowest BCUT2D eigenvalue weighted by atomic mass is 10.2. The lowest BCUT2D eigenvalue weighted by molar-refractivity contribution is -0.142. The van der Waals surface area contributed by atoms with Crippen LogP contribution in [0.25, 0.3) is 6.08 Å². The number of nitriles is 2. The average Bonchev–Trinajstić information content (AvgIpc) is 2.70. The van der Waals surface area contributed by atoms with Gasteiger partial charge in [0, 0.05) is 11.8 Å². The van der Waals surface area contributed by atoms with Crippen LogP contribution in [0.4, 0.5) is 5.69 Å². The first-order valence-corrected chi connectivity index (χ1v) is 8.34. The second-order valence-corrected chi connectivity index (χ2v) is 5.72. The van der Waals surface area contributed by atoms with Crippen molar-refractivity contribution in [2.45, 2.75) is 0 Å². The van der Waals surface area contributed by atoms with Crippen molar-refractivity contribution in [1.29, 1.82) is 10.5 Å². The number of halogens is 1. The molecule has 1 N–H and O–H groups in total. The van der Waals surface area contributed by atoms with Gasteiger partial charge in [0.1, 0.15) is 17.9 Å². The van der Waals surface area contributed by atoms with Crippen molar-refractivity contribution in [1.82, 2.24) is 0 Å². The normalized spacial score (nSPS) is 9.96. The predicted octanol–water partition coefficient (Wildman–Crippen LogP) is 3.31. The molecule has 0 spiro atoms. The third kappa shape index (κ3) is 6.49. The Morgan fingerprint density at radius 1 is 1.14 bits per heavy atom. The lowest BCUT2D eigenvalue weighted by Crippen LogP contribution is -2.20. The molecule has 0 radical (unpaired) electrons. The Labute approximate surface area is 166 Å². The number of rotatable bonds is 7. The third-order valence-electron chi connectivity index (χ3n) is 3.31. The van der Waals surface area contributed by atoms with Crippen LogP contribution in [0.3, 0.4) is 0 Å². The highest BCUT2D eigenvalue weighted by Gasteiger charge is 2.07. The SMILES string of the molecule is N#CCOc1ccc(/C=C/C(=O)OCC(=O)Nc2ccc(C#N)c(Cl)c2)cc1. The van der Waals surface area contributed by atoms with E-state index >= 15 is 0 Å². The summed E-state index contributed by atoms with van der Waals surface area (Å²) in [6, 6.07) is 15.0. The fourth-order valence-corrected chi connectivity index (χ4v) is 2.24. The average molecular weight is 396 g/mol. The Morgan fingerprint density at radius 3 is 2.54 bits per heavy atom. The van der Waals surface area contributed by atoms with E-state index < -0.39 is 18.5 Å². The van der Waals surface area contributed by atoms with Crippen molar-refractivity contribution in [3.63, 3.8) is 0 Å². The maximum Gasteiger partial charge on any atom is 0.331 e. The zero-order chi connectivity index (χ0) is 20.4. The zero-order valence-corrected chi connectivity index (χ0v) is 15.3. The largest absolute Gasteiger partial charge is 0.479 e. The number of ether oxygens (including phenoxy) is 2. The van der Waals surface area contributed by atoms with Crippen molar-refractivity contribution < 1.29 is 19.1 Å². The Balaban J connectivity index is 1.80. The molecule has 0 unspecified atom stereocenters. The Morgan fingerprint density at radius 2 is 1.89 bits per heavy atom. The molecule has 0 aliphatic rings. The molecule has 0 saturated heterocycles. The van der Waals surface area contributed by atoms with E-state index in [1.54, 1.807) is 24.3 Å². The number of carbonyl (C=O) groups is 2. The van der Waals surface area contributed by atoms with Crippen molar-refractivity contribution >= 4 is 35.2 Å². The van der Waals surface area contributed by atoms with Crippen molar-refractivity contribution in [2.75, 3.05) is 18.5 Å². The molecule has 2 aromatic carbocycles. The first-order valence-electron chi connectivity index (χ1n) is 7.96. The summed E-state index contributed by atoms with van der Waals surface area (Å²) < 4.78 is 9.99. The van der Waals surface area contributed by atoms with E-state index in [1.807, 2.05) is 12.1 Å². The van der Waals surface area contributed by atoms with E-state index in [0.717, 1.165) is 5.56 Å². The fourth-order valence-electron chi connectivity index (χ4n) is 2.02. The zero-order valence-electron chi connectivity index (χ0n) is 14.5. The number of nitrogens with one attached hydrogen (secondary N) is 1.